The molecule has 9 heteroatoms. The predicted octanol–water partition coefficient (Wildman–Crippen LogP) is 2.87. The van der Waals surface area contributed by atoms with Gasteiger partial charge in [0.15, 0.2) is 6.61 Å². The molecule has 0 fully saturated rings. The lowest BCUT2D eigenvalue weighted by Gasteiger charge is -2.13. The van der Waals surface area contributed by atoms with Gasteiger partial charge in [0.05, 0.1) is 4.90 Å². The number of hydrogen-bond donors (Lipinski definition) is 1. The SMILES string of the molecule is CCn1c(C)cc(C(=O)COC(=O)[C@H](C)NS(=O)(=O)c2ccc(Cl)cc2)c1C. The average molecular weight is 427 g/mol. The van der Waals surface area contributed by atoms with Crippen LogP contribution >= 0.6 is 11.6 Å². The number of aromatic nitrogens is 1. The molecule has 2 rings (SSSR count). The number of sulfonamides is 1. The Hall–Kier alpha value is -2.16. The summed E-state index contributed by atoms with van der Waals surface area (Å²) in [6.45, 7) is 7.32. The van der Waals surface area contributed by atoms with Gasteiger partial charge in [-0.1, -0.05) is 11.6 Å². The highest BCUT2D eigenvalue weighted by Gasteiger charge is 2.24. The summed E-state index contributed by atoms with van der Waals surface area (Å²) in [7, 11) is -3.92. The number of ketones is 1. The second-order valence-corrected chi connectivity index (χ2v) is 8.51. The zero-order valence-corrected chi connectivity index (χ0v) is 17.7. The van der Waals surface area contributed by atoms with Gasteiger partial charge in [-0.2, -0.15) is 4.72 Å². The third kappa shape index (κ3) is 5.01. The Kier molecular flexibility index (Phi) is 7.03. The van der Waals surface area contributed by atoms with E-state index in [1.807, 2.05) is 25.3 Å². The molecule has 0 aliphatic heterocycles. The molecule has 0 saturated carbocycles. The van der Waals surface area contributed by atoms with Crippen LogP contribution in [0.2, 0.25) is 5.02 Å². The molecule has 0 unspecified atom stereocenters. The number of ether oxygens (including phenoxy) is 1. The van der Waals surface area contributed by atoms with Crippen LogP contribution in [0.25, 0.3) is 0 Å². The highest BCUT2D eigenvalue weighted by molar-refractivity contribution is 7.89. The summed E-state index contributed by atoms with van der Waals surface area (Å²) in [6, 6.07) is 6.12. The minimum atomic E-state index is -3.92. The van der Waals surface area contributed by atoms with E-state index in [-0.39, 0.29) is 10.7 Å². The molecule has 28 heavy (non-hydrogen) atoms. The maximum absolute atomic E-state index is 12.4. The summed E-state index contributed by atoms with van der Waals surface area (Å²) < 4.78 is 33.8. The molecule has 1 atom stereocenters. The van der Waals surface area contributed by atoms with Crippen molar-refractivity contribution in [2.75, 3.05) is 6.61 Å². The van der Waals surface area contributed by atoms with E-state index in [1.165, 1.54) is 31.2 Å². The number of Topliss-reactive ketones (excluding diaryl/α,β-unsaturated/α-hetero) is 1. The van der Waals surface area contributed by atoms with Crippen molar-refractivity contribution in [1.29, 1.82) is 0 Å². The molecule has 0 saturated heterocycles. The summed E-state index contributed by atoms with van der Waals surface area (Å²) in [5.74, 6) is -1.18. The maximum Gasteiger partial charge on any atom is 0.324 e. The summed E-state index contributed by atoms with van der Waals surface area (Å²) in [5, 5.41) is 0.396. The third-order valence-electron chi connectivity index (χ3n) is 4.35. The van der Waals surface area contributed by atoms with Gasteiger partial charge >= 0.3 is 5.97 Å². The van der Waals surface area contributed by atoms with Gasteiger partial charge in [0, 0.05) is 28.5 Å². The first kappa shape index (κ1) is 22.1. The summed E-state index contributed by atoms with van der Waals surface area (Å²) in [5.41, 5.74) is 2.23. The highest BCUT2D eigenvalue weighted by atomic mass is 35.5. The van der Waals surface area contributed by atoms with E-state index in [0.717, 1.165) is 17.9 Å². The molecule has 1 heterocycles. The molecule has 7 nitrogen and oxygen atoms in total. The number of carbonyl (C=O) groups excluding carboxylic acids is 2. The fourth-order valence-electron chi connectivity index (χ4n) is 2.87. The Labute approximate surface area is 169 Å². The number of aryl methyl sites for hydroxylation is 1. The van der Waals surface area contributed by atoms with Crippen molar-refractivity contribution in [3.05, 3.63) is 52.3 Å². The number of esters is 1. The van der Waals surface area contributed by atoms with Crippen LogP contribution in [0.15, 0.2) is 35.2 Å². The van der Waals surface area contributed by atoms with Gasteiger partial charge in [-0.05, 0) is 58.0 Å². The molecule has 0 radical (unpaired) electrons. The molecule has 0 bridgehead atoms. The largest absolute Gasteiger partial charge is 0.456 e. The summed E-state index contributed by atoms with van der Waals surface area (Å²) in [4.78, 5) is 24.5. The van der Waals surface area contributed by atoms with Crippen LogP contribution in [0.3, 0.4) is 0 Å². The molecular formula is C19H23ClN2O5S. The molecule has 1 aromatic carbocycles. The Morgan fingerprint density at radius 3 is 2.36 bits per heavy atom. The van der Waals surface area contributed by atoms with Gasteiger partial charge in [-0.25, -0.2) is 8.42 Å². The normalized spacial score (nSPS) is 12.6. The molecule has 2 aromatic rings. The van der Waals surface area contributed by atoms with Crippen molar-refractivity contribution in [3.8, 4) is 0 Å². The Balaban J connectivity index is 1.99. The van der Waals surface area contributed by atoms with Crippen LogP contribution in [0.1, 0.15) is 35.6 Å². The first-order valence-electron chi connectivity index (χ1n) is 8.71. The van der Waals surface area contributed by atoms with Crippen LogP contribution < -0.4 is 4.72 Å². The summed E-state index contributed by atoms with van der Waals surface area (Å²) in [6.07, 6.45) is 0. The smallest absolute Gasteiger partial charge is 0.324 e. The van der Waals surface area contributed by atoms with Crippen LogP contribution in [0.4, 0.5) is 0 Å². The topological polar surface area (TPSA) is 94.5 Å². The molecule has 0 amide bonds. The Morgan fingerprint density at radius 1 is 1.21 bits per heavy atom. The molecule has 0 spiro atoms. The van der Waals surface area contributed by atoms with Crippen LogP contribution in [-0.2, 0) is 26.1 Å². The van der Waals surface area contributed by atoms with Gasteiger partial charge in [-0.3, -0.25) is 9.59 Å². The molecular weight excluding hydrogens is 404 g/mol. The monoisotopic (exact) mass is 426 g/mol. The molecule has 1 N–H and O–H groups in total. The minimum Gasteiger partial charge on any atom is -0.456 e. The number of benzene rings is 1. The standard InChI is InChI=1S/C19H23ClN2O5S/c1-5-22-12(2)10-17(14(22)4)18(23)11-27-19(24)13(3)21-28(25,26)16-8-6-15(20)7-9-16/h6-10,13,21H,5,11H2,1-4H3/t13-/m0/s1. The second kappa shape index (κ2) is 8.89. The first-order valence-corrected chi connectivity index (χ1v) is 10.6. The third-order valence-corrected chi connectivity index (χ3v) is 6.15. The van der Waals surface area contributed by atoms with E-state index in [9.17, 15) is 18.0 Å². The van der Waals surface area contributed by atoms with Gasteiger partial charge < -0.3 is 9.30 Å². The lowest BCUT2D eigenvalue weighted by molar-refractivity contribution is -0.144. The van der Waals surface area contributed by atoms with E-state index >= 15 is 0 Å². The van der Waals surface area contributed by atoms with Crippen molar-refractivity contribution >= 4 is 33.4 Å². The fourth-order valence-corrected chi connectivity index (χ4v) is 4.19. The lowest BCUT2D eigenvalue weighted by atomic mass is 10.1. The number of halogens is 1. The number of rotatable bonds is 8. The number of hydrogen-bond acceptors (Lipinski definition) is 5. The van der Waals surface area contributed by atoms with Crippen molar-refractivity contribution in [2.45, 2.75) is 45.2 Å². The minimum absolute atomic E-state index is 0.0281. The summed E-state index contributed by atoms with van der Waals surface area (Å²) >= 11 is 5.75. The molecule has 1 aromatic heterocycles. The molecule has 0 aliphatic rings. The van der Waals surface area contributed by atoms with E-state index in [4.69, 9.17) is 16.3 Å². The maximum atomic E-state index is 12.4. The molecule has 152 valence electrons. The van der Waals surface area contributed by atoms with E-state index in [0.29, 0.717) is 10.6 Å². The Morgan fingerprint density at radius 2 is 1.82 bits per heavy atom. The molecule has 0 aliphatic carbocycles. The van der Waals surface area contributed by atoms with E-state index in [1.54, 1.807) is 6.07 Å². The van der Waals surface area contributed by atoms with Crippen molar-refractivity contribution in [1.82, 2.24) is 9.29 Å². The second-order valence-electron chi connectivity index (χ2n) is 6.36. The van der Waals surface area contributed by atoms with Crippen molar-refractivity contribution in [3.63, 3.8) is 0 Å². The number of nitrogens with zero attached hydrogens (tertiary/aromatic N) is 1. The Bertz CT molecular complexity index is 980. The first-order chi connectivity index (χ1) is 13.1. The average Bonchev–Trinajstić information content (AvgIpc) is 2.93. The fraction of sp³-hybridized carbons (Fsp3) is 0.368. The van der Waals surface area contributed by atoms with Crippen molar-refractivity contribution < 1.29 is 22.7 Å². The zero-order valence-electron chi connectivity index (χ0n) is 16.2. The predicted molar refractivity (Wildman–Crippen MR) is 106 cm³/mol. The van der Waals surface area contributed by atoms with Gasteiger partial charge in [0.25, 0.3) is 0 Å². The van der Waals surface area contributed by atoms with E-state index in [2.05, 4.69) is 4.72 Å². The van der Waals surface area contributed by atoms with Gasteiger partial charge in [-0.15, -0.1) is 0 Å². The van der Waals surface area contributed by atoms with Crippen molar-refractivity contribution in [2.24, 2.45) is 0 Å². The van der Waals surface area contributed by atoms with Crippen LogP contribution in [0.5, 0.6) is 0 Å². The van der Waals surface area contributed by atoms with Gasteiger partial charge in [0.2, 0.25) is 15.8 Å². The number of nitrogens with one attached hydrogen (secondary N) is 1. The quantitative estimate of drug-likeness (QED) is 0.517. The van der Waals surface area contributed by atoms with Gasteiger partial charge in [0.1, 0.15) is 6.04 Å². The highest BCUT2D eigenvalue weighted by Crippen LogP contribution is 2.16. The number of carbonyl (C=O) groups is 2. The van der Waals surface area contributed by atoms with E-state index < -0.39 is 28.6 Å². The lowest BCUT2D eigenvalue weighted by Crippen LogP contribution is -2.40. The zero-order chi connectivity index (χ0) is 21.1. The van der Waals surface area contributed by atoms with Crippen LogP contribution in [-0.4, -0.2) is 37.4 Å². The van der Waals surface area contributed by atoms with Crippen LogP contribution in [0, 0.1) is 13.8 Å².